The highest BCUT2D eigenvalue weighted by Crippen LogP contribution is 2.23. The van der Waals surface area contributed by atoms with E-state index in [2.05, 4.69) is 21.2 Å². The molecule has 1 rings (SSSR count). The molecule has 7 heteroatoms. The van der Waals surface area contributed by atoms with Crippen LogP contribution in [0.1, 0.15) is 31.1 Å². The average Bonchev–Trinajstić information content (AvgIpc) is 2.36. The van der Waals surface area contributed by atoms with Gasteiger partial charge in [0.1, 0.15) is 5.60 Å². The fourth-order valence-corrected chi connectivity index (χ4v) is 1.83. The molecule has 6 nitrogen and oxygen atoms in total. The van der Waals surface area contributed by atoms with Gasteiger partial charge in [0.15, 0.2) is 0 Å². The number of hydrogen-bond acceptors (Lipinski definition) is 4. The van der Waals surface area contributed by atoms with E-state index in [9.17, 15) is 9.59 Å². The van der Waals surface area contributed by atoms with Crippen LogP contribution < -0.4 is 5.32 Å². The Morgan fingerprint density at radius 1 is 1.29 bits per heavy atom. The summed E-state index contributed by atoms with van der Waals surface area (Å²) < 4.78 is 5.89. The number of benzene rings is 1. The van der Waals surface area contributed by atoms with Gasteiger partial charge < -0.3 is 4.74 Å². The molecule has 21 heavy (non-hydrogen) atoms. The van der Waals surface area contributed by atoms with E-state index >= 15 is 0 Å². The van der Waals surface area contributed by atoms with Crippen molar-refractivity contribution in [3.8, 4) is 0 Å². The first-order chi connectivity index (χ1) is 9.64. The predicted octanol–water partition coefficient (Wildman–Crippen LogP) is 3.43. The molecule has 0 aliphatic rings. The van der Waals surface area contributed by atoms with Crippen molar-refractivity contribution in [1.29, 1.82) is 0 Å². The van der Waals surface area contributed by atoms with Gasteiger partial charge in [-0.05, 0) is 39.0 Å². The summed E-state index contributed by atoms with van der Waals surface area (Å²) in [5.74, 6) is -0.384. The van der Waals surface area contributed by atoms with Gasteiger partial charge in [-0.2, -0.15) is 0 Å². The highest BCUT2D eigenvalue weighted by Gasteiger charge is 2.21. The summed E-state index contributed by atoms with van der Waals surface area (Å²) in [7, 11) is 2.87. The molecule has 0 aliphatic carbocycles. The average molecular weight is 359 g/mol. The fourth-order valence-electron chi connectivity index (χ4n) is 1.47. The molecule has 0 radical (unpaired) electrons. The van der Waals surface area contributed by atoms with Crippen molar-refractivity contribution in [2.45, 2.75) is 26.4 Å². The first-order valence-electron chi connectivity index (χ1n) is 6.26. The Hall–Kier alpha value is -1.60. The van der Waals surface area contributed by atoms with Crippen LogP contribution in [0.2, 0.25) is 0 Å². The Balaban J connectivity index is 3.02. The highest BCUT2D eigenvalue weighted by molar-refractivity contribution is 9.10. The monoisotopic (exact) mass is 358 g/mol. The van der Waals surface area contributed by atoms with Crippen LogP contribution in [0.25, 0.3) is 0 Å². The standard InChI is InChI=1S/C14H19BrN2O4/c1-14(2,3)21-13(19)16-11-7-6-9(15)8-10(11)12(18)17(4)20-5/h6-8H,1-5H3,(H,16,19). The summed E-state index contributed by atoms with van der Waals surface area (Å²) >= 11 is 3.30. The number of hydroxylamine groups is 2. The van der Waals surface area contributed by atoms with Gasteiger partial charge in [0.25, 0.3) is 5.91 Å². The molecule has 0 heterocycles. The minimum atomic E-state index is -0.626. The molecule has 0 aromatic heterocycles. The molecule has 116 valence electrons. The van der Waals surface area contributed by atoms with Crippen LogP contribution in [0.4, 0.5) is 10.5 Å². The number of carbonyl (C=O) groups is 2. The zero-order chi connectivity index (χ0) is 16.2. The van der Waals surface area contributed by atoms with Crippen LogP contribution >= 0.6 is 15.9 Å². The van der Waals surface area contributed by atoms with Gasteiger partial charge in [-0.1, -0.05) is 15.9 Å². The number of hydrogen-bond donors (Lipinski definition) is 1. The minimum Gasteiger partial charge on any atom is -0.444 e. The number of nitrogens with zero attached hydrogens (tertiary/aromatic N) is 1. The summed E-state index contributed by atoms with van der Waals surface area (Å²) in [4.78, 5) is 28.9. The van der Waals surface area contributed by atoms with Crippen LogP contribution in [0, 0.1) is 0 Å². The SMILES string of the molecule is CON(C)C(=O)c1cc(Br)ccc1NC(=O)OC(C)(C)C. The van der Waals surface area contributed by atoms with Gasteiger partial charge in [-0.3, -0.25) is 14.9 Å². The lowest BCUT2D eigenvalue weighted by Crippen LogP contribution is -2.29. The molecule has 2 amide bonds. The quantitative estimate of drug-likeness (QED) is 0.840. The van der Waals surface area contributed by atoms with Gasteiger partial charge >= 0.3 is 6.09 Å². The van der Waals surface area contributed by atoms with Crippen LogP contribution in [0.3, 0.4) is 0 Å². The molecule has 0 saturated carbocycles. The number of carbonyl (C=O) groups excluding carboxylic acids is 2. The van der Waals surface area contributed by atoms with Gasteiger partial charge in [0.2, 0.25) is 0 Å². The van der Waals surface area contributed by atoms with E-state index in [1.807, 2.05) is 0 Å². The molecule has 0 fully saturated rings. The third kappa shape index (κ3) is 5.35. The lowest BCUT2D eigenvalue weighted by molar-refractivity contribution is -0.0756. The van der Waals surface area contributed by atoms with Crippen LogP contribution in [0.5, 0.6) is 0 Å². The maximum absolute atomic E-state index is 12.2. The zero-order valence-electron chi connectivity index (χ0n) is 12.7. The fraction of sp³-hybridized carbons (Fsp3) is 0.429. The predicted molar refractivity (Wildman–Crippen MR) is 83.1 cm³/mol. The lowest BCUT2D eigenvalue weighted by Gasteiger charge is -2.21. The van der Waals surface area contributed by atoms with Crippen molar-refractivity contribution >= 4 is 33.6 Å². The molecule has 0 spiro atoms. The van der Waals surface area contributed by atoms with Gasteiger partial charge in [-0.15, -0.1) is 0 Å². The molecule has 0 atom stereocenters. The smallest absolute Gasteiger partial charge is 0.412 e. The summed E-state index contributed by atoms with van der Waals surface area (Å²) in [6, 6.07) is 4.94. The Labute approximate surface area is 132 Å². The summed E-state index contributed by atoms with van der Waals surface area (Å²) in [5, 5.41) is 3.64. The van der Waals surface area contributed by atoms with Crippen molar-refractivity contribution in [2.24, 2.45) is 0 Å². The maximum atomic E-state index is 12.2. The second-order valence-electron chi connectivity index (χ2n) is 5.30. The Bertz CT molecular complexity index is 540. The van der Waals surface area contributed by atoms with Crippen LogP contribution in [-0.4, -0.2) is 36.8 Å². The summed E-state index contributed by atoms with van der Waals surface area (Å²) in [6.45, 7) is 5.29. The number of nitrogens with one attached hydrogen (secondary N) is 1. The van der Waals surface area contributed by atoms with Gasteiger partial charge in [0.05, 0.1) is 18.4 Å². The van der Waals surface area contributed by atoms with E-state index in [1.54, 1.807) is 39.0 Å². The van der Waals surface area contributed by atoms with Gasteiger partial charge in [-0.25, -0.2) is 9.86 Å². The first-order valence-corrected chi connectivity index (χ1v) is 7.05. The van der Waals surface area contributed by atoms with E-state index < -0.39 is 11.7 Å². The van der Waals surface area contributed by atoms with Crippen molar-refractivity contribution < 1.29 is 19.2 Å². The Kier molecular flexibility index (Phi) is 5.74. The van der Waals surface area contributed by atoms with Crippen molar-refractivity contribution in [1.82, 2.24) is 5.06 Å². The molecular weight excluding hydrogens is 340 g/mol. The molecule has 1 aromatic rings. The molecular formula is C14H19BrN2O4. The van der Waals surface area contributed by atoms with Crippen LogP contribution in [-0.2, 0) is 9.57 Å². The number of anilines is 1. The van der Waals surface area contributed by atoms with E-state index in [0.29, 0.717) is 15.7 Å². The largest absolute Gasteiger partial charge is 0.444 e. The molecule has 0 bridgehead atoms. The number of ether oxygens (including phenoxy) is 1. The molecule has 1 N–H and O–H groups in total. The van der Waals surface area contributed by atoms with E-state index in [1.165, 1.54) is 14.2 Å². The molecule has 0 saturated heterocycles. The number of amides is 2. The van der Waals surface area contributed by atoms with Crippen molar-refractivity contribution in [2.75, 3.05) is 19.5 Å². The van der Waals surface area contributed by atoms with E-state index in [4.69, 9.17) is 9.57 Å². The molecule has 0 aliphatic heterocycles. The summed E-state index contributed by atoms with van der Waals surface area (Å²) in [5.41, 5.74) is 0.0216. The maximum Gasteiger partial charge on any atom is 0.412 e. The van der Waals surface area contributed by atoms with Crippen molar-refractivity contribution in [3.05, 3.63) is 28.2 Å². The van der Waals surface area contributed by atoms with E-state index in [-0.39, 0.29) is 5.91 Å². The third-order valence-electron chi connectivity index (χ3n) is 2.41. The highest BCUT2D eigenvalue weighted by atomic mass is 79.9. The second-order valence-corrected chi connectivity index (χ2v) is 6.22. The van der Waals surface area contributed by atoms with E-state index in [0.717, 1.165) is 5.06 Å². The van der Waals surface area contributed by atoms with Gasteiger partial charge in [0, 0.05) is 11.5 Å². The topological polar surface area (TPSA) is 67.9 Å². The Morgan fingerprint density at radius 3 is 2.43 bits per heavy atom. The number of halogens is 1. The summed E-state index contributed by atoms with van der Waals surface area (Å²) in [6.07, 6.45) is -0.626. The van der Waals surface area contributed by atoms with Crippen LogP contribution in [0.15, 0.2) is 22.7 Å². The normalized spacial score (nSPS) is 11.0. The molecule has 1 aromatic carbocycles. The molecule has 0 unspecified atom stereocenters. The second kappa shape index (κ2) is 6.91. The zero-order valence-corrected chi connectivity index (χ0v) is 14.3. The Morgan fingerprint density at radius 2 is 1.90 bits per heavy atom. The third-order valence-corrected chi connectivity index (χ3v) is 2.90. The lowest BCUT2D eigenvalue weighted by atomic mass is 10.1. The number of rotatable bonds is 3. The first kappa shape index (κ1) is 17.5. The minimum absolute atomic E-state index is 0.291. The van der Waals surface area contributed by atoms with Crippen molar-refractivity contribution in [3.63, 3.8) is 0 Å².